The number of piperidine rings is 1. The van der Waals surface area contributed by atoms with E-state index in [0.717, 1.165) is 31.0 Å². The van der Waals surface area contributed by atoms with E-state index >= 15 is 0 Å². The van der Waals surface area contributed by atoms with Gasteiger partial charge in [0.2, 0.25) is 0 Å². The van der Waals surface area contributed by atoms with Gasteiger partial charge < -0.3 is 4.90 Å². The fourth-order valence-corrected chi connectivity index (χ4v) is 4.14. The Balaban J connectivity index is 1.63. The standard InChI is InChI=1S/C14H17NO2S/c16-14(13-9-15-7-6-11(13)8-15)10-18(17)12-4-2-1-3-5-12/h1-5,11,13H,6-10H2. The van der Waals surface area contributed by atoms with Crippen molar-refractivity contribution < 1.29 is 9.00 Å². The summed E-state index contributed by atoms with van der Waals surface area (Å²) in [5.41, 5.74) is 0. The molecule has 0 aromatic heterocycles. The third-order valence-electron chi connectivity index (χ3n) is 4.03. The minimum Gasteiger partial charge on any atom is -0.302 e. The minimum absolute atomic E-state index is 0.131. The second-order valence-electron chi connectivity index (χ2n) is 5.18. The summed E-state index contributed by atoms with van der Waals surface area (Å²) in [7, 11) is -1.18. The summed E-state index contributed by atoms with van der Waals surface area (Å²) >= 11 is 0. The molecule has 1 aromatic carbocycles. The van der Waals surface area contributed by atoms with E-state index in [2.05, 4.69) is 4.90 Å². The van der Waals surface area contributed by atoms with Gasteiger partial charge >= 0.3 is 0 Å². The fourth-order valence-electron chi connectivity index (χ4n) is 3.04. The van der Waals surface area contributed by atoms with Crippen molar-refractivity contribution in [2.75, 3.05) is 25.4 Å². The Kier molecular flexibility index (Phi) is 3.31. The van der Waals surface area contributed by atoms with Crippen LogP contribution in [-0.4, -0.2) is 40.3 Å². The predicted octanol–water partition coefficient (Wildman–Crippen LogP) is 1.32. The summed E-state index contributed by atoms with van der Waals surface area (Å²) < 4.78 is 12.1. The summed E-state index contributed by atoms with van der Waals surface area (Å²) in [5.74, 6) is 1.01. The molecule has 0 saturated carbocycles. The van der Waals surface area contributed by atoms with Crippen LogP contribution >= 0.6 is 0 Å². The van der Waals surface area contributed by atoms with E-state index in [1.54, 1.807) is 0 Å². The second-order valence-corrected chi connectivity index (χ2v) is 6.64. The van der Waals surface area contributed by atoms with Crippen LogP contribution in [0.5, 0.6) is 0 Å². The van der Waals surface area contributed by atoms with Crippen LogP contribution in [0.2, 0.25) is 0 Å². The first-order valence-electron chi connectivity index (χ1n) is 6.42. The number of hydrogen-bond acceptors (Lipinski definition) is 3. The Morgan fingerprint density at radius 2 is 2.06 bits per heavy atom. The van der Waals surface area contributed by atoms with Gasteiger partial charge in [0.25, 0.3) is 0 Å². The highest BCUT2D eigenvalue weighted by Crippen LogP contribution is 2.33. The molecule has 0 radical (unpaired) electrons. The normalized spacial score (nSPS) is 31.4. The van der Waals surface area contributed by atoms with Crippen molar-refractivity contribution in [1.29, 1.82) is 0 Å². The molecule has 96 valence electrons. The number of benzene rings is 1. The number of hydrogen-bond donors (Lipinski definition) is 0. The van der Waals surface area contributed by atoms with Gasteiger partial charge in [0.1, 0.15) is 5.78 Å². The Hall–Kier alpha value is -1.00. The largest absolute Gasteiger partial charge is 0.302 e. The molecule has 4 heteroatoms. The zero-order chi connectivity index (χ0) is 12.5. The number of carbonyl (C=O) groups is 1. The van der Waals surface area contributed by atoms with Crippen molar-refractivity contribution in [3.05, 3.63) is 30.3 Å². The molecule has 3 nitrogen and oxygen atoms in total. The van der Waals surface area contributed by atoms with Crippen LogP contribution < -0.4 is 0 Å². The number of nitrogens with zero attached hydrogens (tertiary/aromatic N) is 1. The van der Waals surface area contributed by atoms with Crippen molar-refractivity contribution >= 4 is 16.6 Å². The number of carbonyl (C=O) groups excluding carboxylic acids is 1. The average molecular weight is 263 g/mol. The van der Waals surface area contributed by atoms with Gasteiger partial charge in [-0.1, -0.05) is 18.2 Å². The van der Waals surface area contributed by atoms with Gasteiger partial charge in [-0.25, -0.2) is 0 Å². The van der Waals surface area contributed by atoms with E-state index in [4.69, 9.17) is 0 Å². The number of Topliss-reactive ketones (excluding diaryl/α,β-unsaturated/α-hetero) is 1. The van der Waals surface area contributed by atoms with Crippen molar-refractivity contribution in [3.8, 4) is 0 Å². The van der Waals surface area contributed by atoms with Gasteiger partial charge in [-0.2, -0.15) is 0 Å². The molecule has 2 aliphatic rings. The molecule has 2 heterocycles. The highest BCUT2D eigenvalue weighted by molar-refractivity contribution is 7.85. The van der Waals surface area contributed by atoms with Crippen LogP contribution in [0.3, 0.4) is 0 Å². The molecular formula is C14H17NO2S. The first-order valence-corrected chi connectivity index (χ1v) is 7.74. The van der Waals surface area contributed by atoms with E-state index in [1.165, 1.54) is 0 Å². The molecule has 0 aliphatic carbocycles. The predicted molar refractivity (Wildman–Crippen MR) is 70.8 cm³/mol. The highest BCUT2D eigenvalue weighted by atomic mass is 32.2. The summed E-state index contributed by atoms with van der Waals surface area (Å²) in [6.45, 7) is 3.08. The molecule has 0 spiro atoms. The van der Waals surface area contributed by atoms with Crippen LogP contribution in [0.15, 0.2) is 35.2 Å². The van der Waals surface area contributed by atoms with Crippen LogP contribution in [0.25, 0.3) is 0 Å². The molecule has 18 heavy (non-hydrogen) atoms. The van der Waals surface area contributed by atoms with Crippen molar-refractivity contribution in [2.24, 2.45) is 11.8 Å². The maximum absolute atomic E-state index is 12.2. The number of fused-ring (bicyclic) bond motifs is 2. The lowest BCUT2D eigenvalue weighted by Gasteiger charge is -2.20. The van der Waals surface area contributed by atoms with Gasteiger partial charge in [-0.15, -0.1) is 0 Å². The molecule has 4 unspecified atom stereocenters. The Morgan fingerprint density at radius 3 is 2.67 bits per heavy atom. The quantitative estimate of drug-likeness (QED) is 0.822. The number of rotatable bonds is 4. The summed E-state index contributed by atoms with van der Waals surface area (Å²) in [5, 5.41) is 0. The third-order valence-corrected chi connectivity index (χ3v) is 5.37. The first kappa shape index (κ1) is 12.1. The van der Waals surface area contributed by atoms with Crippen LogP contribution in [0.4, 0.5) is 0 Å². The van der Waals surface area contributed by atoms with E-state index in [0.29, 0.717) is 5.92 Å². The van der Waals surface area contributed by atoms with Crippen molar-refractivity contribution in [1.82, 2.24) is 4.90 Å². The molecule has 0 N–H and O–H groups in total. The Bertz CT molecular complexity index is 474. The van der Waals surface area contributed by atoms with Crippen LogP contribution in [0.1, 0.15) is 6.42 Å². The molecule has 2 aliphatic heterocycles. The topological polar surface area (TPSA) is 37.4 Å². The monoisotopic (exact) mass is 263 g/mol. The Morgan fingerprint density at radius 1 is 1.28 bits per heavy atom. The zero-order valence-electron chi connectivity index (χ0n) is 10.2. The summed E-state index contributed by atoms with van der Waals surface area (Å²) in [4.78, 5) is 15.3. The molecule has 0 amide bonds. The average Bonchev–Trinajstić information content (AvgIpc) is 3.02. The molecular weight excluding hydrogens is 246 g/mol. The fraction of sp³-hybridized carbons (Fsp3) is 0.500. The van der Waals surface area contributed by atoms with E-state index in [1.807, 2.05) is 30.3 Å². The third kappa shape index (κ3) is 2.27. The lowest BCUT2D eigenvalue weighted by molar-refractivity contribution is -0.121. The Labute approximate surface area is 110 Å². The summed E-state index contributed by atoms with van der Waals surface area (Å²) in [6, 6.07) is 9.27. The number of ketones is 1. The van der Waals surface area contributed by atoms with E-state index < -0.39 is 10.8 Å². The van der Waals surface area contributed by atoms with E-state index in [9.17, 15) is 9.00 Å². The lowest BCUT2D eigenvalue weighted by atomic mass is 9.90. The zero-order valence-corrected chi connectivity index (χ0v) is 11.1. The molecule has 3 rings (SSSR count). The van der Waals surface area contributed by atoms with Crippen LogP contribution in [-0.2, 0) is 15.6 Å². The second kappa shape index (κ2) is 4.94. The van der Waals surface area contributed by atoms with Crippen molar-refractivity contribution in [2.45, 2.75) is 11.3 Å². The molecule has 1 aromatic rings. The minimum atomic E-state index is -1.18. The molecule has 2 saturated heterocycles. The lowest BCUT2D eigenvalue weighted by Crippen LogP contribution is -2.32. The highest BCUT2D eigenvalue weighted by Gasteiger charge is 2.41. The molecule has 2 bridgehead atoms. The van der Waals surface area contributed by atoms with Gasteiger partial charge in [0, 0.05) is 23.9 Å². The van der Waals surface area contributed by atoms with Crippen molar-refractivity contribution in [3.63, 3.8) is 0 Å². The SMILES string of the molecule is O=C(CS(=O)c1ccccc1)C1CN2CCC1C2. The smallest absolute Gasteiger partial charge is 0.150 e. The van der Waals surface area contributed by atoms with Crippen LogP contribution in [0, 0.1) is 11.8 Å². The van der Waals surface area contributed by atoms with E-state index in [-0.39, 0.29) is 17.5 Å². The first-order chi connectivity index (χ1) is 8.74. The molecule has 2 fully saturated rings. The molecule has 4 atom stereocenters. The maximum atomic E-state index is 12.2. The summed E-state index contributed by atoms with van der Waals surface area (Å²) in [6.07, 6.45) is 1.13. The van der Waals surface area contributed by atoms with Gasteiger partial charge in [0.15, 0.2) is 0 Å². The van der Waals surface area contributed by atoms with Gasteiger partial charge in [0.05, 0.1) is 16.6 Å². The van der Waals surface area contributed by atoms with Gasteiger partial charge in [-0.05, 0) is 31.0 Å². The van der Waals surface area contributed by atoms with Gasteiger partial charge in [-0.3, -0.25) is 9.00 Å². The maximum Gasteiger partial charge on any atom is 0.150 e.